The highest BCUT2D eigenvalue weighted by Crippen LogP contribution is 2.34. The van der Waals surface area contributed by atoms with Gasteiger partial charge in [0.2, 0.25) is 0 Å². The minimum atomic E-state index is 0.222. The summed E-state index contributed by atoms with van der Waals surface area (Å²) in [4.78, 5) is 4.61. The fourth-order valence-electron chi connectivity index (χ4n) is 2.15. The van der Waals surface area contributed by atoms with Crippen molar-refractivity contribution in [1.82, 2.24) is 0 Å². The van der Waals surface area contributed by atoms with Gasteiger partial charge in [0.25, 0.3) is 0 Å². The summed E-state index contributed by atoms with van der Waals surface area (Å²) >= 11 is 0. The summed E-state index contributed by atoms with van der Waals surface area (Å²) < 4.78 is 0. The molecule has 78 valence electrons. The van der Waals surface area contributed by atoms with Gasteiger partial charge in [0.1, 0.15) is 0 Å². The molecule has 1 heteroatoms. The van der Waals surface area contributed by atoms with Gasteiger partial charge in [0, 0.05) is 17.7 Å². The summed E-state index contributed by atoms with van der Waals surface area (Å²) in [5, 5.41) is 0. The van der Waals surface area contributed by atoms with Gasteiger partial charge in [0.15, 0.2) is 0 Å². The van der Waals surface area contributed by atoms with E-state index < -0.39 is 0 Å². The van der Waals surface area contributed by atoms with Crippen molar-refractivity contribution in [2.24, 2.45) is 10.4 Å². The molecule has 0 saturated heterocycles. The van der Waals surface area contributed by atoms with Gasteiger partial charge in [-0.3, -0.25) is 4.99 Å². The fourth-order valence-corrected chi connectivity index (χ4v) is 2.15. The number of aliphatic imine (C=N–C) groups is 1. The molecule has 0 aromatic rings. The zero-order chi connectivity index (χ0) is 10.4. The van der Waals surface area contributed by atoms with Gasteiger partial charge in [-0.05, 0) is 25.8 Å². The number of allylic oxidation sites excluding steroid dienone is 4. The monoisotopic (exact) mass is 191 g/mol. The van der Waals surface area contributed by atoms with Crippen molar-refractivity contribution >= 4 is 5.71 Å². The van der Waals surface area contributed by atoms with Crippen molar-refractivity contribution in [3.05, 3.63) is 24.3 Å². The number of hydrogen-bond acceptors (Lipinski definition) is 1. The average Bonchev–Trinajstić information content (AvgIpc) is 2.22. The lowest BCUT2D eigenvalue weighted by atomic mass is 9.74. The number of rotatable bonds is 4. The first kappa shape index (κ1) is 11.2. The third-order valence-electron chi connectivity index (χ3n) is 2.95. The van der Waals surface area contributed by atoms with Crippen LogP contribution >= 0.6 is 0 Å². The number of nitrogens with zero attached hydrogens (tertiary/aromatic N) is 1. The predicted octanol–water partition coefficient (Wildman–Crippen LogP) is 3.77. The third kappa shape index (κ3) is 2.14. The molecule has 14 heavy (non-hydrogen) atoms. The topological polar surface area (TPSA) is 12.4 Å². The van der Waals surface area contributed by atoms with E-state index in [1.807, 2.05) is 0 Å². The molecule has 0 saturated carbocycles. The molecule has 0 aromatic carbocycles. The fraction of sp³-hybridized carbons (Fsp3) is 0.615. The minimum absolute atomic E-state index is 0.222. The van der Waals surface area contributed by atoms with Crippen LogP contribution in [0, 0.1) is 5.41 Å². The normalized spacial score (nSPS) is 28.6. The van der Waals surface area contributed by atoms with Gasteiger partial charge in [-0.2, -0.15) is 0 Å². The summed E-state index contributed by atoms with van der Waals surface area (Å²) in [5.74, 6) is 0. The Bertz CT molecular complexity index is 260. The van der Waals surface area contributed by atoms with E-state index in [0.717, 1.165) is 13.0 Å². The molecule has 0 aliphatic heterocycles. The van der Waals surface area contributed by atoms with Crippen LogP contribution in [0.4, 0.5) is 0 Å². The van der Waals surface area contributed by atoms with Crippen molar-refractivity contribution in [3.63, 3.8) is 0 Å². The zero-order valence-corrected chi connectivity index (χ0v) is 9.59. The van der Waals surface area contributed by atoms with E-state index in [0.29, 0.717) is 0 Å². The maximum absolute atomic E-state index is 4.61. The minimum Gasteiger partial charge on any atom is -0.289 e. The van der Waals surface area contributed by atoms with E-state index in [4.69, 9.17) is 0 Å². The van der Waals surface area contributed by atoms with E-state index in [-0.39, 0.29) is 5.41 Å². The maximum Gasteiger partial charge on any atom is 0.0447 e. The Morgan fingerprint density at radius 1 is 1.21 bits per heavy atom. The number of hydrogen-bond donors (Lipinski definition) is 0. The quantitative estimate of drug-likeness (QED) is 0.641. The van der Waals surface area contributed by atoms with Crippen molar-refractivity contribution in [3.8, 4) is 0 Å². The second-order valence-corrected chi connectivity index (χ2v) is 3.84. The largest absolute Gasteiger partial charge is 0.289 e. The summed E-state index contributed by atoms with van der Waals surface area (Å²) in [5.41, 5.74) is 1.49. The first-order valence-electron chi connectivity index (χ1n) is 5.70. The molecule has 1 atom stereocenters. The highest BCUT2D eigenvalue weighted by atomic mass is 14.7. The Kier molecular flexibility index (Phi) is 4.12. The Morgan fingerprint density at radius 2 is 2.00 bits per heavy atom. The third-order valence-corrected chi connectivity index (χ3v) is 2.95. The van der Waals surface area contributed by atoms with Gasteiger partial charge in [-0.1, -0.05) is 38.5 Å². The van der Waals surface area contributed by atoms with Crippen molar-refractivity contribution < 1.29 is 0 Å². The molecule has 0 aromatic heterocycles. The van der Waals surface area contributed by atoms with Crippen molar-refractivity contribution in [2.45, 2.75) is 40.0 Å². The molecule has 1 rings (SSSR count). The van der Waals surface area contributed by atoms with Gasteiger partial charge in [-0.25, -0.2) is 0 Å². The first-order chi connectivity index (χ1) is 6.79. The Balaban J connectivity index is 2.95. The summed E-state index contributed by atoms with van der Waals surface area (Å²) in [6, 6.07) is 0. The van der Waals surface area contributed by atoms with Crippen LogP contribution in [0.2, 0.25) is 0 Å². The lowest BCUT2D eigenvalue weighted by molar-refractivity contribution is 0.462. The van der Waals surface area contributed by atoms with Crippen LogP contribution in [0.3, 0.4) is 0 Å². The standard InChI is InChI=1S/C13H21N/c1-4-10-13(5-2)11-8-7-9-12(13)14-6-3/h7-9,11H,4-6,10H2,1-3H3. The lowest BCUT2D eigenvalue weighted by Gasteiger charge is -2.31. The van der Waals surface area contributed by atoms with E-state index in [1.54, 1.807) is 0 Å². The van der Waals surface area contributed by atoms with Crippen molar-refractivity contribution in [1.29, 1.82) is 0 Å². The summed E-state index contributed by atoms with van der Waals surface area (Å²) in [6.45, 7) is 7.49. The van der Waals surface area contributed by atoms with E-state index >= 15 is 0 Å². The molecular weight excluding hydrogens is 170 g/mol. The summed E-state index contributed by atoms with van der Waals surface area (Å²) in [7, 11) is 0. The van der Waals surface area contributed by atoms with Crippen LogP contribution in [0.15, 0.2) is 29.3 Å². The molecule has 1 nitrogen and oxygen atoms in total. The van der Waals surface area contributed by atoms with E-state index in [9.17, 15) is 0 Å². The molecule has 0 radical (unpaired) electrons. The van der Waals surface area contributed by atoms with Gasteiger partial charge in [0.05, 0.1) is 0 Å². The van der Waals surface area contributed by atoms with Crippen LogP contribution < -0.4 is 0 Å². The second kappa shape index (κ2) is 5.14. The van der Waals surface area contributed by atoms with Crippen LogP contribution in [0.25, 0.3) is 0 Å². The zero-order valence-electron chi connectivity index (χ0n) is 9.59. The Hall–Kier alpha value is -0.850. The molecule has 0 N–H and O–H groups in total. The molecule has 1 aliphatic rings. The summed E-state index contributed by atoms with van der Waals surface area (Å²) in [6.07, 6.45) is 12.3. The van der Waals surface area contributed by atoms with Crippen LogP contribution in [-0.2, 0) is 0 Å². The molecular formula is C13H21N. The molecule has 0 spiro atoms. The smallest absolute Gasteiger partial charge is 0.0447 e. The molecule has 0 amide bonds. The van der Waals surface area contributed by atoms with E-state index in [2.05, 4.69) is 50.1 Å². The molecule has 0 fully saturated rings. The first-order valence-corrected chi connectivity index (χ1v) is 5.70. The Morgan fingerprint density at radius 3 is 2.57 bits per heavy atom. The molecule has 0 heterocycles. The average molecular weight is 191 g/mol. The van der Waals surface area contributed by atoms with E-state index in [1.165, 1.54) is 18.6 Å². The Labute approximate surface area is 87.6 Å². The van der Waals surface area contributed by atoms with Gasteiger partial charge in [-0.15, -0.1) is 0 Å². The highest BCUT2D eigenvalue weighted by Gasteiger charge is 2.29. The SMILES string of the molecule is CCCC1(CC)C=CC=CC1=NCC. The maximum atomic E-state index is 4.61. The van der Waals surface area contributed by atoms with Crippen molar-refractivity contribution in [2.75, 3.05) is 6.54 Å². The van der Waals surface area contributed by atoms with Crippen LogP contribution in [0.5, 0.6) is 0 Å². The molecule has 1 unspecified atom stereocenters. The predicted molar refractivity (Wildman–Crippen MR) is 63.9 cm³/mol. The van der Waals surface area contributed by atoms with Gasteiger partial charge >= 0.3 is 0 Å². The molecule has 0 bridgehead atoms. The molecule has 1 aliphatic carbocycles. The van der Waals surface area contributed by atoms with Gasteiger partial charge < -0.3 is 0 Å². The highest BCUT2D eigenvalue weighted by molar-refractivity contribution is 6.02. The van der Waals surface area contributed by atoms with Crippen LogP contribution in [-0.4, -0.2) is 12.3 Å². The second-order valence-electron chi connectivity index (χ2n) is 3.84. The lowest BCUT2D eigenvalue weighted by Crippen LogP contribution is -2.28. The van der Waals surface area contributed by atoms with Crippen LogP contribution in [0.1, 0.15) is 40.0 Å².